The third-order valence-corrected chi connectivity index (χ3v) is 10.7. The molecule has 3 unspecified atom stereocenters. The zero-order valence-corrected chi connectivity index (χ0v) is 18.6. The van der Waals surface area contributed by atoms with E-state index in [1.165, 1.54) is 50.5 Å². The molecule has 162 valence electrons. The van der Waals surface area contributed by atoms with Gasteiger partial charge in [-0.15, -0.1) is 0 Å². The van der Waals surface area contributed by atoms with Crippen molar-refractivity contribution in [2.45, 2.75) is 89.0 Å². The molecular weight excluding hydrogens is 368 g/mol. The van der Waals surface area contributed by atoms with Gasteiger partial charge in [-0.1, -0.05) is 43.7 Å². The number of nitrogens with two attached hydrogens (primary N) is 1. The number of carbonyl (C=O) groups excluding carboxylic acids is 1. The average molecular weight is 407 g/mol. The van der Waals surface area contributed by atoms with Crippen molar-refractivity contribution < 1.29 is 4.79 Å². The highest BCUT2D eigenvalue weighted by atomic mass is 16.2. The smallest absolute Gasteiger partial charge is 0.227 e. The van der Waals surface area contributed by atoms with Gasteiger partial charge in [0.15, 0.2) is 0 Å². The molecule has 1 aromatic rings. The fraction of sp³-hybridized carbons (Fsp3) is 0.741. The van der Waals surface area contributed by atoms with Crippen LogP contribution in [0.15, 0.2) is 30.3 Å². The predicted octanol–water partition coefficient (Wildman–Crippen LogP) is 4.94. The first-order valence-electron chi connectivity index (χ1n) is 12.6. The zero-order chi connectivity index (χ0) is 20.6. The lowest BCUT2D eigenvalue weighted by atomic mass is 9.18. The molecular formula is C27H38N2O. The van der Waals surface area contributed by atoms with E-state index < -0.39 is 0 Å². The second kappa shape index (κ2) is 6.34. The SMILES string of the molecule is CCC[C@@]12CC3CC4(C(=O)NC5CCC(CN)CC5)C[C@](c5ccccc5)(C1)C42C3. The Hall–Kier alpha value is -1.35. The van der Waals surface area contributed by atoms with E-state index in [2.05, 4.69) is 42.6 Å². The Balaban J connectivity index is 1.32. The third kappa shape index (κ3) is 2.04. The Morgan fingerprint density at radius 1 is 1.07 bits per heavy atom. The molecule has 5 aliphatic carbocycles. The van der Waals surface area contributed by atoms with Crippen molar-refractivity contribution in [3.63, 3.8) is 0 Å². The molecule has 0 heterocycles. The van der Waals surface area contributed by atoms with Gasteiger partial charge >= 0.3 is 0 Å². The van der Waals surface area contributed by atoms with Gasteiger partial charge in [0.2, 0.25) is 5.91 Å². The molecule has 0 saturated heterocycles. The Bertz CT molecular complexity index is 846. The molecule has 5 fully saturated rings. The Kier molecular flexibility index (Phi) is 4.09. The highest BCUT2D eigenvalue weighted by Crippen LogP contribution is 2.96. The summed E-state index contributed by atoms with van der Waals surface area (Å²) >= 11 is 0. The number of rotatable bonds is 6. The summed E-state index contributed by atoms with van der Waals surface area (Å²) in [6, 6.07) is 11.6. The van der Waals surface area contributed by atoms with Gasteiger partial charge in [0, 0.05) is 16.9 Å². The molecule has 0 aromatic heterocycles. The van der Waals surface area contributed by atoms with Gasteiger partial charge in [-0.05, 0) is 93.6 Å². The van der Waals surface area contributed by atoms with E-state index in [-0.39, 0.29) is 16.2 Å². The number of benzene rings is 1. The summed E-state index contributed by atoms with van der Waals surface area (Å²) in [7, 11) is 0. The van der Waals surface area contributed by atoms with Gasteiger partial charge in [0.25, 0.3) is 0 Å². The lowest BCUT2D eigenvalue weighted by Gasteiger charge is -2.84. The van der Waals surface area contributed by atoms with Crippen LogP contribution in [0, 0.1) is 28.1 Å². The minimum absolute atomic E-state index is 0.0934. The van der Waals surface area contributed by atoms with Gasteiger partial charge < -0.3 is 11.1 Å². The molecule has 3 heteroatoms. The van der Waals surface area contributed by atoms with Crippen molar-refractivity contribution in [1.82, 2.24) is 5.32 Å². The molecule has 3 nitrogen and oxygen atoms in total. The molecule has 3 N–H and O–H groups in total. The van der Waals surface area contributed by atoms with Crippen LogP contribution in [0.3, 0.4) is 0 Å². The average Bonchev–Trinajstić information content (AvgIpc) is 3.22. The number of nitrogens with one attached hydrogen (secondary N) is 1. The summed E-state index contributed by atoms with van der Waals surface area (Å²) < 4.78 is 0. The van der Waals surface area contributed by atoms with Crippen LogP contribution in [0.1, 0.15) is 83.1 Å². The summed E-state index contributed by atoms with van der Waals surface area (Å²) in [5.41, 5.74) is 8.23. The summed E-state index contributed by atoms with van der Waals surface area (Å²) in [6.07, 6.45) is 13.4. The van der Waals surface area contributed by atoms with Crippen molar-refractivity contribution in [3.05, 3.63) is 35.9 Å². The van der Waals surface area contributed by atoms with Crippen molar-refractivity contribution in [2.75, 3.05) is 6.54 Å². The van der Waals surface area contributed by atoms with Crippen LogP contribution in [-0.4, -0.2) is 18.5 Å². The van der Waals surface area contributed by atoms with Crippen LogP contribution in [-0.2, 0) is 10.2 Å². The van der Waals surface area contributed by atoms with E-state index in [0.29, 0.717) is 23.3 Å². The third-order valence-electron chi connectivity index (χ3n) is 10.7. The van der Waals surface area contributed by atoms with Crippen LogP contribution in [0.2, 0.25) is 0 Å². The van der Waals surface area contributed by atoms with Crippen LogP contribution < -0.4 is 11.1 Å². The van der Waals surface area contributed by atoms with Crippen LogP contribution in [0.5, 0.6) is 0 Å². The predicted molar refractivity (Wildman–Crippen MR) is 120 cm³/mol. The molecule has 2 bridgehead atoms. The fourth-order valence-corrected chi connectivity index (χ4v) is 10.1. The summed E-state index contributed by atoms with van der Waals surface area (Å²) in [5.74, 6) is 1.85. The Morgan fingerprint density at radius 2 is 1.83 bits per heavy atom. The maximum Gasteiger partial charge on any atom is 0.227 e. The Morgan fingerprint density at radius 3 is 2.53 bits per heavy atom. The van der Waals surface area contributed by atoms with Gasteiger partial charge in [0.05, 0.1) is 5.41 Å². The standard InChI is InChI=1S/C27H38N2O/c1-2-12-24-13-20-14-25(23(30)29-22-10-8-19(16-28)9-11-22)18-26(17-24,27(24,25)15-20)21-6-4-3-5-7-21/h3-7,19-20,22H,2,8-18,28H2,1H3,(H,29,30)/t19?,20?,22?,24-,25?,26+,27?/m1/s1. The second-order valence-electron chi connectivity index (χ2n) is 11.7. The van der Waals surface area contributed by atoms with Gasteiger partial charge in [-0.25, -0.2) is 0 Å². The molecule has 5 aliphatic rings. The van der Waals surface area contributed by atoms with Crippen LogP contribution >= 0.6 is 0 Å². The van der Waals surface area contributed by atoms with E-state index in [4.69, 9.17) is 5.73 Å². The zero-order valence-electron chi connectivity index (χ0n) is 18.6. The number of hydrogen-bond donors (Lipinski definition) is 2. The van der Waals surface area contributed by atoms with Gasteiger partial charge in [0.1, 0.15) is 0 Å². The van der Waals surface area contributed by atoms with E-state index in [1.807, 2.05) is 0 Å². The molecule has 1 amide bonds. The maximum atomic E-state index is 14.0. The summed E-state index contributed by atoms with van der Waals surface area (Å²) in [5, 5.41) is 3.60. The first-order chi connectivity index (χ1) is 14.5. The number of hydrogen-bond acceptors (Lipinski definition) is 2. The minimum Gasteiger partial charge on any atom is -0.353 e. The van der Waals surface area contributed by atoms with Gasteiger partial charge in [-0.3, -0.25) is 4.79 Å². The first kappa shape index (κ1) is 19.3. The fourth-order valence-electron chi connectivity index (χ4n) is 10.1. The normalized spacial score (nSPS) is 47.9. The lowest BCUT2D eigenvalue weighted by Crippen LogP contribution is -2.83. The lowest BCUT2D eigenvalue weighted by molar-refractivity contribution is -0.311. The molecule has 6 rings (SSSR count). The quantitative estimate of drug-likeness (QED) is 0.703. The maximum absolute atomic E-state index is 14.0. The van der Waals surface area contributed by atoms with E-state index in [9.17, 15) is 4.79 Å². The molecule has 0 aliphatic heterocycles. The molecule has 5 saturated carbocycles. The largest absolute Gasteiger partial charge is 0.353 e. The van der Waals surface area contributed by atoms with E-state index >= 15 is 0 Å². The van der Waals surface area contributed by atoms with Crippen LogP contribution in [0.25, 0.3) is 0 Å². The molecule has 1 aromatic carbocycles. The number of fused-ring (bicyclic) bond motifs is 1. The van der Waals surface area contributed by atoms with Crippen molar-refractivity contribution in [2.24, 2.45) is 33.8 Å². The monoisotopic (exact) mass is 406 g/mol. The molecule has 5 atom stereocenters. The number of amides is 1. The summed E-state index contributed by atoms with van der Waals surface area (Å²) in [4.78, 5) is 14.0. The van der Waals surface area contributed by atoms with Crippen molar-refractivity contribution in [3.8, 4) is 0 Å². The van der Waals surface area contributed by atoms with Crippen LogP contribution in [0.4, 0.5) is 0 Å². The highest BCUT2D eigenvalue weighted by molar-refractivity contribution is 5.88. The van der Waals surface area contributed by atoms with E-state index in [1.54, 1.807) is 0 Å². The van der Waals surface area contributed by atoms with Crippen molar-refractivity contribution in [1.29, 1.82) is 0 Å². The molecule has 1 spiro atoms. The highest BCUT2D eigenvalue weighted by Gasteiger charge is 2.93. The van der Waals surface area contributed by atoms with Crippen molar-refractivity contribution >= 4 is 5.91 Å². The summed E-state index contributed by atoms with van der Waals surface area (Å²) in [6.45, 7) is 3.14. The topological polar surface area (TPSA) is 55.1 Å². The number of carbonyl (C=O) groups is 1. The first-order valence-corrected chi connectivity index (χ1v) is 12.6. The second-order valence-corrected chi connectivity index (χ2v) is 11.7. The van der Waals surface area contributed by atoms with E-state index in [0.717, 1.165) is 38.1 Å². The Labute approximate surface area is 181 Å². The van der Waals surface area contributed by atoms with Gasteiger partial charge in [-0.2, -0.15) is 0 Å². The molecule has 30 heavy (non-hydrogen) atoms. The minimum atomic E-state index is -0.0934. The molecule has 0 radical (unpaired) electrons.